The number of ether oxygens (including phenoxy) is 1. The minimum Gasteiger partial charge on any atom is -0.447 e. The molecule has 2 bridgehead atoms. The van der Waals surface area contributed by atoms with Gasteiger partial charge in [-0.2, -0.15) is 4.98 Å². The highest BCUT2D eigenvalue weighted by molar-refractivity contribution is 6.04. The number of para-hydroxylation sites is 1. The van der Waals surface area contributed by atoms with E-state index in [0.29, 0.717) is 47.9 Å². The van der Waals surface area contributed by atoms with Gasteiger partial charge in [-0.1, -0.05) is 12.5 Å². The summed E-state index contributed by atoms with van der Waals surface area (Å²) in [6, 6.07) is 7.27. The number of anilines is 1. The normalized spacial score (nSPS) is 28.2. The van der Waals surface area contributed by atoms with E-state index < -0.39 is 0 Å². The number of halogens is 1. The Hall–Kier alpha value is -2.52. The monoisotopic (exact) mass is 533 g/mol. The highest BCUT2D eigenvalue weighted by atomic mass is 35.5. The summed E-state index contributed by atoms with van der Waals surface area (Å²) in [6.45, 7) is 8.83. The number of benzene rings is 1. The van der Waals surface area contributed by atoms with Gasteiger partial charge in [0.25, 0.3) is 11.9 Å². The van der Waals surface area contributed by atoms with Crippen LogP contribution in [0, 0.1) is 0 Å². The molecule has 0 aliphatic carbocycles. The Morgan fingerprint density at radius 1 is 1.11 bits per heavy atom. The maximum atomic E-state index is 13.4. The molecule has 0 radical (unpaired) electrons. The maximum Gasteiger partial charge on any atom is 0.410 e. The van der Waals surface area contributed by atoms with E-state index in [2.05, 4.69) is 22.2 Å². The molecular weight excluding hydrogens is 494 g/mol. The number of piperidine rings is 2. The largest absolute Gasteiger partial charge is 0.447 e. The van der Waals surface area contributed by atoms with Gasteiger partial charge in [-0.3, -0.25) is 4.79 Å². The van der Waals surface area contributed by atoms with Gasteiger partial charge in [-0.25, -0.2) is 4.79 Å². The van der Waals surface area contributed by atoms with Crippen LogP contribution in [0.5, 0.6) is 0 Å². The quantitative estimate of drug-likeness (QED) is 0.621. The zero-order valence-electron chi connectivity index (χ0n) is 22.5. The van der Waals surface area contributed by atoms with Gasteiger partial charge in [0, 0.05) is 43.3 Å². The first-order valence-electron chi connectivity index (χ1n) is 13.4. The molecule has 1 N–H and O–H groups in total. The smallest absolute Gasteiger partial charge is 0.410 e. The van der Waals surface area contributed by atoms with Crippen molar-refractivity contribution < 1.29 is 18.7 Å². The van der Waals surface area contributed by atoms with Crippen molar-refractivity contribution in [3.63, 3.8) is 0 Å². The van der Waals surface area contributed by atoms with Crippen LogP contribution in [-0.2, 0) is 4.74 Å². The van der Waals surface area contributed by atoms with Gasteiger partial charge in [0.1, 0.15) is 5.52 Å². The third-order valence-corrected chi connectivity index (χ3v) is 8.06. The zero-order chi connectivity index (χ0) is 25.6. The predicted molar refractivity (Wildman–Crippen MR) is 146 cm³/mol. The number of nitrogens with zero attached hydrogens (tertiary/aromatic N) is 4. The average Bonchev–Trinajstić information content (AvgIpc) is 3.22. The number of carbonyl (C=O) groups is 2. The lowest BCUT2D eigenvalue weighted by molar-refractivity contribution is 0.0463. The lowest BCUT2D eigenvalue weighted by Gasteiger charge is -2.47. The van der Waals surface area contributed by atoms with E-state index in [9.17, 15) is 9.59 Å². The van der Waals surface area contributed by atoms with Crippen LogP contribution in [0.15, 0.2) is 22.6 Å². The predicted octanol–water partition coefficient (Wildman–Crippen LogP) is 4.44. The van der Waals surface area contributed by atoms with Crippen molar-refractivity contribution in [3.05, 3.63) is 23.8 Å². The van der Waals surface area contributed by atoms with Crippen molar-refractivity contribution in [2.24, 2.45) is 0 Å². The molecule has 37 heavy (non-hydrogen) atoms. The molecule has 4 atom stereocenters. The zero-order valence-corrected chi connectivity index (χ0v) is 23.3. The van der Waals surface area contributed by atoms with Crippen molar-refractivity contribution in [1.29, 1.82) is 0 Å². The fourth-order valence-electron chi connectivity index (χ4n) is 6.35. The average molecular weight is 534 g/mol. The number of fused-ring (bicyclic) bond motifs is 3. The minimum absolute atomic E-state index is 0. The second-order valence-corrected chi connectivity index (χ2v) is 11.1. The summed E-state index contributed by atoms with van der Waals surface area (Å²) in [4.78, 5) is 37.0. The number of oxazole rings is 1. The Balaban J connectivity index is 0.00000320. The molecule has 3 saturated heterocycles. The topological polar surface area (TPSA) is 91.1 Å². The molecule has 3 aliphatic heterocycles. The van der Waals surface area contributed by atoms with Crippen molar-refractivity contribution in [3.8, 4) is 0 Å². The summed E-state index contributed by atoms with van der Waals surface area (Å²) in [5.74, 6) is -0.0876. The van der Waals surface area contributed by atoms with E-state index in [0.717, 1.165) is 12.8 Å². The van der Waals surface area contributed by atoms with Gasteiger partial charge in [-0.05, 0) is 72.6 Å². The van der Waals surface area contributed by atoms with E-state index in [4.69, 9.17) is 14.1 Å². The molecule has 2 amide bonds. The van der Waals surface area contributed by atoms with Crippen molar-refractivity contribution >= 4 is 41.5 Å². The molecule has 3 aliphatic rings. The fraction of sp³-hybridized carbons (Fsp3) is 0.667. The molecule has 1 aromatic carbocycles. The summed E-state index contributed by atoms with van der Waals surface area (Å²) in [6.07, 6.45) is 5.25. The molecule has 10 heteroatoms. The SMILES string of the molecule is CC(C)OC(=O)N1C[C@H](C)N(c2nc3c(C(=O)NC4CC5CCCC(C4)N5C)cccc3o2)[C@@H](C)C1.Cl. The molecule has 3 fully saturated rings. The van der Waals surface area contributed by atoms with Crippen LogP contribution in [0.1, 0.15) is 70.2 Å². The van der Waals surface area contributed by atoms with E-state index >= 15 is 0 Å². The first-order valence-corrected chi connectivity index (χ1v) is 13.4. The summed E-state index contributed by atoms with van der Waals surface area (Å²) < 4.78 is 11.5. The Morgan fingerprint density at radius 2 is 1.76 bits per heavy atom. The van der Waals surface area contributed by atoms with Crippen LogP contribution < -0.4 is 10.2 Å². The van der Waals surface area contributed by atoms with Crippen molar-refractivity contribution in [2.45, 2.75) is 96.1 Å². The number of aromatic nitrogens is 1. The molecule has 2 unspecified atom stereocenters. The number of amides is 2. The van der Waals surface area contributed by atoms with Crippen molar-refractivity contribution in [1.82, 2.24) is 20.1 Å². The van der Waals surface area contributed by atoms with E-state index in [1.54, 1.807) is 4.90 Å². The first-order chi connectivity index (χ1) is 17.2. The van der Waals surface area contributed by atoms with Crippen LogP contribution in [0.25, 0.3) is 11.1 Å². The van der Waals surface area contributed by atoms with Gasteiger partial charge in [0.05, 0.1) is 11.7 Å². The van der Waals surface area contributed by atoms with Crippen LogP contribution in [-0.4, -0.2) is 83.2 Å². The number of carbonyl (C=O) groups excluding carboxylic acids is 2. The van der Waals surface area contributed by atoms with Gasteiger partial charge in [0.2, 0.25) is 0 Å². The number of hydrogen-bond acceptors (Lipinski definition) is 7. The molecule has 4 heterocycles. The molecule has 5 rings (SSSR count). The minimum atomic E-state index is -0.294. The standard InChI is InChI=1S/C27H39N5O4.ClH/c1-16(2)35-27(34)31-14-17(3)32(18(4)15-31)26-29-24-22(10-7-11-23(24)36-26)25(33)28-19-12-20-8-6-9-21(13-19)30(20)5;/h7,10-11,16-21H,6,8-9,12-15H2,1-5H3,(H,28,33);1H/t17-,18-,19?,20?,21?;/m0./s1. The van der Waals surface area contributed by atoms with Crippen LogP contribution >= 0.6 is 12.4 Å². The number of hydrogen-bond donors (Lipinski definition) is 1. The molecule has 1 aromatic heterocycles. The van der Waals surface area contributed by atoms with Gasteiger partial charge in [0.15, 0.2) is 5.58 Å². The Morgan fingerprint density at radius 3 is 2.38 bits per heavy atom. The molecule has 0 spiro atoms. The van der Waals surface area contributed by atoms with Crippen LogP contribution in [0.4, 0.5) is 10.8 Å². The molecule has 2 aromatic rings. The third-order valence-electron chi connectivity index (χ3n) is 8.06. The van der Waals surface area contributed by atoms with Gasteiger partial charge < -0.3 is 29.2 Å². The molecular formula is C27H40ClN5O4. The Kier molecular flexibility index (Phi) is 8.23. The summed E-state index contributed by atoms with van der Waals surface area (Å²) >= 11 is 0. The van der Waals surface area contributed by atoms with Crippen LogP contribution in [0.3, 0.4) is 0 Å². The highest BCUT2D eigenvalue weighted by Gasteiger charge is 2.38. The molecule has 9 nitrogen and oxygen atoms in total. The fourth-order valence-corrected chi connectivity index (χ4v) is 6.35. The summed E-state index contributed by atoms with van der Waals surface area (Å²) in [7, 11) is 2.22. The second kappa shape index (κ2) is 11.1. The highest BCUT2D eigenvalue weighted by Crippen LogP contribution is 2.33. The van der Waals surface area contributed by atoms with Gasteiger partial charge >= 0.3 is 6.09 Å². The van der Waals surface area contributed by atoms with Gasteiger partial charge in [-0.15, -0.1) is 12.4 Å². The number of nitrogens with one attached hydrogen (secondary N) is 1. The summed E-state index contributed by atoms with van der Waals surface area (Å²) in [5, 5.41) is 3.30. The molecule has 0 saturated carbocycles. The van der Waals surface area contributed by atoms with E-state index in [-0.39, 0.29) is 48.6 Å². The van der Waals surface area contributed by atoms with E-state index in [1.807, 2.05) is 45.9 Å². The Bertz CT molecular complexity index is 1100. The maximum absolute atomic E-state index is 13.4. The number of rotatable bonds is 4. The second-order valence-electron chi connectivity index (χ2n) is 11.1. The van der Waals surface area contributed by atoms with E-state index in [1.165, 1.54) is 19.3 Å². The Labute approximate surface area is 225 Å². The number of piperazine rings is 1. The third kappa shape index (κ3) is 5.53. The lowest BCUT2D eigenvalue weighted by atomic mass is 9.82. The summed E-state index contributed by atoms with van der Waals surface area (Å²) in [5.41, 5.74) is 1.73. The van der Waals surface area contributed by atoms with Crippen molar-refractivity contribution in [2.75, 3.05) is 25.0 Å². The first kappa shape index (κ1) is 27.5. The lowest BCUT2D eigenvalue weighted by Crippen LogP contribution is -2.58. The van der Waals surface area contributed by atoms with Crippen LogP contribution in [0.2, 0.25) is 0 Å². The molecule has 204 valence electrons.